The summed E-state index contributed by atoms with van der Waals surface area (Å²) in [6, 6.07) is 10.4. The van der Waals surface area contributed by atoms with Crippen LogP contribution in [-0.2, 0) is 16.6 Å². The first kappa shape index (κ1) is 11.7. The molecular weight excluding hydrogens is 226 g/mol. The second-order valence-electron chi connectivity index (χ2n) is 5.36. The Hall–Kier alpha value is -1.37. The smallest absolute Gasteiger partial charge is 0.114 e. The summed E-state index contributed by atoms with van der Waals surface area (Å²) >= 11 is 0. The Kier molecular flexibility index (Phi) is 2.65. The molecule has 1 saturated heterocycles. The maximum absolute atomic E-state index is 10.9. The van der Waals surface area contributed by atoms with Crippen LogP contribution in [0.3, 0.4) is 0 Å². The Balaban J connectivity index is 2.10. The third-order valence-corrected chi connectivity index (χ3v) is 4.45. The van der Waals surface area contributed by atoms with Crippen molar-refractivity contribution in [3.63, 3.8) is 0 Å². The van der Waals surface area contributed by atoms with Crippen molar-refractivity contribution in [2.75, 3.05) is 13.2 Å². The third kappa shape index (κ3) is 1.43. The minimum absolute atomic E-state index is 0.273. The molecule has 0 amide bonds. The van der Waals surface area contributed by atoms with E-state index in [0.29, 0.717) is 19.4 Å². The van der Waals surface area contributed by atoms with Gasteiger partial charge in [0.1, 0.15) is 11.0 Å². The Morgan fingerprint density at radius 2 is 2.11 bits per heavy atom. The largest absolute Gasteiger partial charge is 0.385 e. The number of fused-ring (bicyclic) bond motifs is 1. The van der Waals surface area contributed by atoms with Gasteiger partial charge in [-0.05, 0) is 36.8 Å². The minimum Gasteiger partial charge on any atom is -0.385 e. The molecule has 0 bridgehead atoms. The summed E-state index contributed by atoms with van der Waals surface area (Å²) in [5.41, 5.74) is 0.370. The van der Waals surface area contributed by atoms with Gasteiger partial charge in [0.15, 0.2) is 0 Å². The van der Waals surface area contributed by atoms with Crippen LogP contribution in [0.25, 0.3) is 0 Å². The Morgan fingerprint density at radius 1 is 1.28 bits per heavy atom. The van der Waals surface area contributed by atoms with Crippen LogP contribution in [0.1, 0.15) is 30.4 Å². The van der Waals surface area contributed by atoms with Crippen molar-refractivity contribution < 1.29 is 9.84 Å². The third-order valence-electron chi connectivity index (χ3n) is 4.45. The fourth-order valence-electron chi connectivity index (χ4n) is 3.43. The fourth-order valence-corrected chi connectivity index (χ4v) is 3.43. The lowest BCUT2D eigenvalue weighted by atomic mass is 9.66. The molecule has 1 N–H and O–H groups in total. The normalized spacial score (nSPS) is 34.9. The number of aliphatic hydroxyl groups is 1. The Morgan fingerprint density at radius 3 is 2.83 bits per heavy atom. The van der Waals surface area contributed by atoms with Crippen LogP contribution < -0.4 is 0 Å². The van der Waals surface area contributed by atoms with Gasteiger partial charge in [-0.15, -0.1) is 0 Å². The van der Waals surface area contributed by atoms with Crippen molar-refractivity contribution >= 4 is 0 Å². The first-order chi connectivity index (χ1) is 8.72. The average molecular weight is 243 g/mol. The van der Waals surface area contributed by atoms with Crippen molar-refractivity contribution in [2.45, 2.75) is 36.7 Å². The lowest BCUT2D eigenvalue weighted by Crippen LogP contribution is -2.55. The van der Waals surface area contributed by atoms with Crippen molar-refractivity contribution in [1.29, 1.82) is 5.26 Å². The average Bonchev–Trinajstić information content (AvgIpc) is 2.80. The van der Waals surface area contributed by atoms with E-state index in [4.69, 9.17) is 4.74 Å². The molecule has 2 unspecified atom stereocenters. The number of ether oxygens (including phenoxy) is 1. The second-order valence-corrected chi connectivity index (χ2v) is 5.36. The molecule has 0 saturated carbocycles. The van der Waals surface area contributed by atoms with Gasteiger partial charge in [0.05, 0.1) is 12.7 Å². The van der Waals surface area contributed by atoms with E-state index in [2.05, 4.69) is 12.1 Å². The van der Waals surface area contributed by atoms with Gasteiger partial charge in [0.25, 0.3) is 0 Å². The van der Waals surface area contributed by atoms with E-state index in [9.17, 15) is 10.4 Å². The van der Waals surface area contributed by atoms with Crippen LogP contribution >= 0.6 is 0 Å². The molecule has 0 aromatic heterocycles. The molecule has 3 heteroatoms. The maximum Gasteiger partial charge on any atom is 0.114 e. The van der Waals surface area contributed by atoms with Crippen molar-refractivity contribution in [2.24, 2.45) is 0 Å². The van der Waals surface area contributed by atoms with Crippen LogP contribution in [-0.4, -0.2) is 23.9 Å². The molecule has 18 heavy (non-hydrogen) atoms. The molecule has 1 aromatic rings. The summed E-state index contributed by atoms with van der Waals surface area (Å²) in [4.78, 5) is 0. The summed E-state index contributed by atoms with van der Waals surface area (Å²) in [6.45, 7) is 0.959. The molecule has 0 spiro atoms. The van der Waals surface area contributed by atoms with E-state index in [1.807, 2.05) is 18.2 Å². The van der Waals surface area contributed by atoms with Crippen LogP contribution in [0.2, 0.25) is 0 Å². The summed E-state index contributed by atoms with van der Waals surface area (Å²) in [6.07, 6.45) is 3.03. The Labute approximate surface area is 107 Å². The first-order valence-corrected chi connectivity index (χ1v) is 6.52. The van der Waals surface area contributed by atoms with Gasteiger partial charge in [-0.1, -0.05) is 24.3 Å². The summed E-state index contributed by atoms with van der Waals surface area (Å²) in [5.74, 6) is 0. The monoisotopic (exact) mass is 243 g/mol. The van der Waals surface area contributed by atoms with Crippen LogP contribution in [0.5, 0.6) is 0 Å². The molecule has 2 atom stereocenters. The van der Waals surface area contributed by atoms with E-state index >= 15 is 0 Å². The Bertz CT molecular complexity index is 499. The number of nitriles is 1. The zero-order valence-electron chi connectivity index (χ0n) is 10.4. The number of benzene rings is 1. The van der Waals surface area contributed by atoms with Gasteiger partial charge in [0, 0.05) is 6.61 Å². The standard InChI is InChI=1S/C15H17NO2/c16-10-14(15(17)7-3-9-18-11-15)8-6-12-4-1-2-5-13(12)14/h1-2,4-5,17H,3,6-9,11H2. The van der Waals surface area contributed by atoms with E-state index in [0.717, 1.165) is 18.4 Å². The SMILES string of the molecule is N#CC1(C2(O)CCCOC2)CCc2ccccc21. The highest BCUT2D eigenvalue weighted by Crippen LogP contribution is 2.48. The molecule has 2 aliphatic rings. The number of rotatable bonds is 1. The molecule has 0 radical (unpaired) electrons. The highest BCUT2D eigenvalue weighted by molar-refractivity contribution is 5.47. The summed E-state index contributed by atoms with van der Waals surface area (Å²) in [7, 11) is 0. The van der Waals surface area contributed by atoms with Crippen molar-refractivity contribution in [3.05, 3.63) is 35.4 Å². The number of hydrogen-bond acceptors (Lipinski definition) is 3. The van der Waals surface area contributed by atoms with Crippen LogP contribution in [0, 0.1) is 11.3 Å². The summed E-state index contributed by atoms with van der Waals surface area (Å²) < 4.78 is 5.44. The molecule has 1 fully saturated rings. The van der Waals surface area contributed by atoms with Gasteiger partial charge in [-0.3, -0.25) is 0 Å². The van der Waals surface area contributed by atoms with E-state index in [-0.39, 0.29) is 6.61 Å². The maximum atomic E-state index is 10.9. The molecule has 3 nitrogen and oxygen atoms in total. The van der Waals surface area contributed by atoms with Crippen LogP contribution in [0.4, 0.5) is 0 Å². The number of hydrogen-bond donors (Lipinski definition) is 1. The van der Waals surface area contributed by atoms with E-state index in [1.54, 1.807) is 0 Å². The topological polar surface area (TPSA) is 53.2 Å². The second kappa shape index (κ2) is 4.08. The lowest BCUT2D eigenvalue weighted by molar-refractivity contribution is -0.118. The highest BCUT2D eigenvalue weighted by atomic mass is 16.5. The molecule has 1 aromatic carbocycles. The number of nitrogens with zero attached hydrogens (tertiary/aromatic N) is 1. The zero-order valence-corrected chi connectivity index (χ0v) is 10.4. The predicted molar refractivity (Wildman–Crippen MR) is 67.1 cm³/mol. The molecule has 1 heterocycles. The van der Waals surface area contributed by atoms with Gasteiger partial charge >= 0.3 is 0 Å². The summed E-state index contributed by atoms with van der Waals surface area (Å²) in [5, 5.41) is 20.6. The zero-order chi connectivity index (χ0) is 12.6. The molecule has 3 rings (SSSR count). The number of aryl methyl sites for hydroxylation is 1. The highest BCUT2D eigenvalue weighted by Gasteiger charge is 2.55. The molecular formula is C15H17NO2. The molecule has 1 aliphatic heterocycles. The van der Waals surface area contributed by atoms with Gasteiger partial charge in [-0.25, -0.2) is 0 Å². The van der Waals surface area contributed by atoms with Crippen LogP contribution in [0.15, 0.2) is 24.3 Å². The minimum atomic E-state index is -1.04. The quantitative estimate of drug-likeness (QED) is 0.820. The van der Waals surface area contributed by atoms with Crippen molar-refractivity contribution in [3.8, 4) is 6.07 Å². The van der Waals surface area contributed by atoms with E-state index in [1.165, 1.54) is 5.56 Å². The fraction of sp³-hybridized carbons (Fsp3) is 0.533. The lowest BCUT2D eigenvalue weighted by Gasteiger charge is -2.43. The molecule has 94 valence electrons. The van der Waals surface area contributed by atoms with Gasteiger partial charge in [-0.2, -0.15) is 5.26 Å². The predicted octanol–water partition coefficient (Wildman–Crippen LogP) is 1.94. The molecule has 1 aliphatic carbocycles. The van der Waals surface area contributed by atoms with Crippen molar-refractivity contribution in [1.82, 2.24) is 0 Å². The van der Waals surface area contributed by atoms with Gasteiger partial charge in [0.2, 0.25) is 0 Å². The first-order valence-electron chi connectivity index (χ1n) is 6.52. The van der Waals surface area contributed by atoms with E-state index < -0.39 is 11.0 Å². The van der Waals surface area contributed by atoms with Gasteiger partial charge < -0.3 is 9.84 Å².